The maximum atomic E-state index is 12.0. The number of hydrogen-bond acceptors (Lipinski definition) is 5. The summed E-state index contributed by atoms with van der Waals surface area (Å²) in [5.74, 6) is 0.140. The van der Waals surface area contributed by atoms with Crippen molar-refractivity contribution in [3.05, 3.63) is 23.8 Å². The van der Waals surface area contributed by atoms with Crippen LogP contribution in [0.4, 0.5) is 0 Å². The van der Waals surface area contributed by atoms with Crippen molar-refractivity contribution in [3.8, 4) is 11.5 Å². The highest BCUT2D eigenvalue weighted by atomic mass is 16.6. The highest BCUT2D eigenvalue weighted by molar-refractivity contribution is 5.73. The first-order chi connectivity index (χ1) is 10.9. The van der Waals surface area contributed by atoms with Crippen LogP contribution in [0.5, 0.6) is 11.5 Å². The monoisotopic (exact) mass is 336 g/mol. The van der Waals surface area contributed by atoms with Gasteiger partial charge in [-0.3, -0.25) is 4.79 Å². The molecule has 0 aromatic heterocycles. The van der Waals surface area contributed by atoms with Gasteiger partial charge in [0.15, 0.2) is 6.61 Å². The molecule has 24 heavy (non-hydrogen) atoms. The van der Waals surface area contributed by atoms with Crippen LogP contribution in [-0.4, -0.2) is 25.7 Å². The molecule has 0 aliphatic heterocycles. The molecule has 1 aromatic rings. The first-order valence-electron chi connectivity index (χ1n) is 7.97. The minimum atomic E-state index is -0.468. The van der Waals surface area contributed by atoms with Gasteiger partial charge in [0.1, 0.15) is 11.5 Å². The van der Waals surface area contributed by atoms with Crippen molar-refractivity contribution in [2.24, 2.45) is 5.41 Å². The average Bonchev–Trinajstić information content (AvgIpc) is 2.41. The molecule has 0 aliphatic rings. The van der Waals surface area contributed by atoms with E-state index in [1.165, 1.54) is 7.11 Å². The Labute approximate surface area is 144 Å². The molecule has 0 bridgehead atoms. The molecule has 0 aliphatic carbocycles. The zero-order valence-electron chi connectivity index (χ0n) is 15.7. The lowest BCUT2D eigenvalue weighted by atomic mass is 9.86. The topological polar surface area (TPSA) is 61.8 Å². The molecule has 0 N–H and O–H groups in total. The largest absolute Gasteiger partial charge is 0.481 e. The SMILES string of the molecule is COC(=O)COc1cc(OC(=O)CC(C)(C)C)ccc1C(C)(C)C. The van der Waals surface area contributed by atoms with E-state index in [0.29, 0.717) is 17.9 Å². The highest BCUT2D eigenvalue weighted by Gasteiger charge is 2.22. The average molecular weight is 336 g/mol. The molecule has 5 nitrogen and oxygen atoms in total. The van der Waals surface area contributed by atoms with Crippen molar-refractivity contribution in [1.82, 2.24) is 0 Å². The second kappa shape index (κ2) is 7.69. The van der Waals surface area contributed by atoms with Crippen LogP contribution >= 0.6 is 0 Å². The smallest absolute Gasteiger partial charge is 0.343 e. The molecular weight excluding hydrogens is 308 g/mol. The van der Waals surface area contributed by atoms with Gasteiger partial charge in [-0.05, 0) is 22.5 Å². The number of hydrogen-bond donors (Lipinski definition) is 0. The van der Waals surface area contributed by atoms with Gasteiger partial charge in [-0.15, -0.1) is 0 Å². The quantitative estimate of drug-likeness (QED) is 0.603. The molecule has 0 fully saturated rings. The van der Waals surface area contributed by atoms with Crippen LogP contribution in [-0.2, 0) is 19.7 Å². The van der Waals surface area contributed by atoms with Crippen molar-refractivity contribution >= 4 is 11.9 Å². The number of methoxy groups -OCH3 is 1. The van der Waals surface area contributed by atoms with E-state index in [2.05, 4.69) is 4.74 Å². The fraction of sp³-hybridized carbons (Fsp3) is 0.579. The molecule has 0 radical (unpaired) electrons. The van der Waals surface area contributed by atoms with Crippen molar-refractivity contribution in [1.29, 1.82) is 0 Å². The molecular formula is C19H28O5. The van der Waals surface area contributed by atoms with E-state index in [1.54, 1.807) is 12.1 Å². The molecule has 134 valence electrons. The summed E-state index contributed by atoms with van der Waals surface area (Å²) >= 11 is 0. The van der Waals surface area contributed by atoms with Gasteiger partial charge in [-0.2, -0.15) is 0 Å². The van der Waals surface area contributed by atoms with Crippen LogP contribution < -0.4 is 9.47 Å². The number of rotatable bonds is 5. The Balaban J connectivity index is 3.00. The van der Waals surface area contributed by atoms with Crippen molar-refractivity contribution in [2.45, 2.75) is 53.4 Å². The van der Waals surface area contributed by atoms with Crippen molar-refractivity contribution < 1.29 is 23.8 Å². The zero-order valence-corrected chi connectivity index (χ0v) is 15.7. The zero-order chi connectivity index (χ0) is 18.5. The van der Waals surface area contributed by atoms with Gasteiger partial charge in [0.25, 0.3) is 0 Å². The first-order valence-corrected chi connectivity index (χ1v) is 7.97. The van der Waals surface area contributed by atoms with Crippen LogP contribution in [0, 0.1) is 5.41 Å². The summed E-state index contributed by atoms with van der Waals surface area (Å²) in [6.45, 7) is 11.8. The maximum Gasteiger partial charge on any atom is 0.343 e. The van der Waals surface area contributed by atoms with E-state index in [-0.39, 0.29) is 23.4 Å². The lowest BCUT2D eigenvalue weighted by Crippen LogP contribution is -2.19. The van der Waals surface area contributed by atoms with E-state index >= 15 is 0 Å². The molecule has 5 heteroatoms. The molecule has 0 unspecified atom stereocenters. The molecule has 0 atom stereocenters. The number of benzene rings is 1. The second-order valence-electron chi connectivity index (χ2n) is 7.98. The maximum absolute atomic E-state index is 12.0. The van der Waals surface area contributed by atoms with Gasteiger partial charge < -0.3 is 14.2 Å². The fourth-order valence-electron chi connectivity index (χ4n) is 2.10. The Hall–Kier alpha value is -2.04. The van der Waals surface area contributed by atoms with Crippen LogP contribution in [0.15, 0.2) is 18.2 Å². The summed E-state index contributed by atoms with van der Waals surface area (Å²) < 4.78 is 15.6. The van der Waals surface area contributed by atoms with Gasteiger partial charge in [0, 0.05) is 6.07 Å². The van der Waals surface area contributed by atoms with Crippen LogP contribution in [0.1, 0.15) is 53.5 Å². The number of carbonyl (C=O) groups excluding carboxylic acids is 2. The molecule has 1 aromatic carbocycles. The summed E-state index contributed by atoms with van der Waals surface area (Å²) in [5.41, 5.74) is 0.591. The fourth-order valence-corrected chi connectivity index (χ4v) is 2.10. The van der Waals surface area contributed by atoms with E-state index < -0.39 is 5.97 Å². The lowest BCUT2D eigenvalue weighted by molar-refractivity contribution is -0.143. The van der Waals surface area contributed by atoms with Gasteiger partial charge in [0.05, 0.1) is 13.5 Å². The molecule has 0 spiro atoms. The van der Waals surface area contributed by atoms with Crippen LogP contribution in [0.3, 0.4) is 0 Å². The first kappa shape index (κ1) is 20.0. The minimum Gasteiger partial charge on any atom is -0.481 e. The number of ether oxygens (including phenoxy) is 3. The Morgan fingerprint density at radius 1 is 1.00 bits per heavy atom. The molecule has 1 rings (SSSR count). The molecule has 0 amide bonds. The second-order valence-corrected chi connectivity index (χ2v) is 7.98. The van der Waals surface area contributed by atoms with Gasteiger partial charge in [-0.25, -0.2) is 4.79 Å². The third-order valence-electron chi connectivity index (χ3n) is 3.24. The van der Waals surface area contributed by atoms with Gasteiger partial charge in [-0.1, -0.05) is 47.6 Å². The summed E-state index contributed by atoms with van der Waals surface area (Å²) in [6, 6.07) is 5.24. The third-order valence-corrected chi connectivity index (χ3v) is 3.24. The lowest BCUT2D eigenvalue weighted by Gasteiger charge is -2.23. The predicted molar refractivity (Wildman–Crippen MR) is 92.4 cm³/mol. The van der Waals surface area contributed by atoms with Crippen molar-refractivity contribution in [2.75, 3.05) is 13.7 Å². The standard InChI is InChI=1S/C19H28O5/c1-18(2,3)11-16(20)24-13-8-9-14(19(4,5)6)15(10-13)23-12-17(21)22-7/h8-10H,11-12H2,1-7H3. The van der Waals surface area contributed by atoms with Gasteiger partial charge in [0.2, 0.25) is 0 Å². The Bertz CT molecular complexity index is 591. The van der Waals surface area contributed by atoms with E-state index in [4.69, 9.17) is 9.47 Å². The summed E-state index contributed by atoms with van der Waals surface area (Å²) in [5, 5.41) is 0. The van der Waals surface area contributed by atoms with E-state index in [0.717, 1.165) is 5.56 Å². The summed E-state index contributed by atoms with van der Waals surface area (Å²) in [6.07, 6.45) is 0.312. The predicted octanol–water partition coefficient (Wildman–Crippen LogP) is 3.88. The molecule has 0 heterocycles. The van der Waals surface area contributed by atoms with Crippen LogP contribution in [0.25, 0.3) is 0 Å². The third kappa shape index (κ3) is 6.60. The van der Waals surface area contributed by atoms with Crippen molar-refractivity contribution in [3.63, 3.8) is 0 Å². The highest BCUT2D eigenvalue weighted by Crippen LogP contribution is 2.34. The summed E-state index contributed by atoms with van der Waals surface area (Å²) in [4.78, 5) is 23.3. The van der Waals surface area contributed by atoms with Gasteiger partial charge >= 0.3 is 11.9 Å². The Morgan fingerprint density at radius 3 is 2.12 bits per heavy atom. The molecule has 0 saturated heterocycles. The Kier molecular flexibility index (Phi) is 6.41. The minimum absolute atomic E-state index is 0.146. The summed E-state index contributed by atoms with van der Waals surface area (Å²) in [7, 11) is 1.31. The van der Waals surface area contributed by atoms with Crippen LogP contribution in [0.2, 0.25) is 0 Å². The van der Waals surface area contributed by atoms with E-state index in [1.807, 2.05) is 47.6 Å². The number of esters is 2. The number of carbonyl (C=O) groups is 2. The Morgan fingerprint density at radius 2 is 1.62 bits per heavy atom. The normalized spacial score (nSPS) is 11.8. The van der Waals surface area contributed by atoms with E-state index in [9.17, 15) is 9.59 Å². The molecule has 0 saturated carbocycles.